The molecule has 0 aliphatic heterocycles. The Balaban J connectivity index is 1.29. The van der Waals surface area contributed by atoms with Crippen LogP contribution < -0.4 is 0 Å². The zero-order chi connectivity index (χ0) is 34.2. The smallest absolute Gasteiger partial charge is 0.339 e. The van der Waals surface area contributed by atoms with Crippen molar-refractivity contribution in [2.45, 2.75) is 119 Å². The van der Waals surface area contributed by atoms with E-state index < -0.39 is 11.9 Å². The summed E-state index contributed by atoms with van der Waals surface area (Å²) in [5, 5.41) is 0. The maximum Gasteiger partial charge on any atom is 0.339 e. The van der Waals surface area contributed by atoms with Gasteiger partial charge in [0.1, 0.15) is 6.10 Å². The predicted molar refractivity (Wildman–Crippen MR) is 183 cm³/mol. The molecular weight excluding hydrogens is 588 g/mol. The lowest BCUT2D eigenvalue weighted by Crippen LogP contribution is -2.67. The summed E-state index contributed by atoms with van der Waals surface area (Å²) in [6.07, 6.45) is 11.2. The van der Waals surface area contributed by atoms with Crippen molar-refractivity contribution in [3.8, 4) is 0 Å². The lowest BCUT2D eigenvalue weighted by Gasteiger charge is -2.73. The summed E-state index contributed by atoms with van der Waals surface area (Å²) < 4.78 is 17.1. The standard InChI is InChI=1S/C41H58O6/c1-25(2)27-16-21-41(24-46-36(44)29-13-11-10-12-28(29)35(43)45-9)23-22-39(7)30(34(27)41)14-15-32-38(6)19-18-33(47-26(3)42)37(4,5)31(38)17-20-40(32,39)8/h10-13,27,30-34H,1,14-24H2,2-9H3/t27-,30+,31+,32+,33-,34-,38-,39+,40+,41+/m0/s1. The van der Waals surface area contributed by atoms with Crippen molar-refractivity contribution in [3.05, 3.63) is 47.5 Å². The number of ether oxygens (including phenoxy) is 3. The highest BCUT2D eigenvalue weighted by Gasteiger charge is 2.71. The molecule has 0 radical (unpaired) electrons. The molecule has 0 spiro atoms. The van der Waals surface area contributed by atoms with Crippen LogP contribution in [0, 0.1) is 56.7 Å². The predicted octanol–water partition coefficient (Wildman–Crippen LogP) is 9.22. The monoisotopic (exact) mass is 646 g/mol. The van der Waals surface area contributed by atoms with E-state index in [1.807, 2.05) is 0 Å². The second-order valence-electron chi connectivity index (χ2n) is 17.6. The summed E-state index contributed by atoms with van der Waals surface area (Å²) in [6.45, 7) is 21.2. The van der Waals surface area contributed by atoms with Crippen molar-refractivity contribution < 1.29 is 28.6 Å². The van der Waals surface area contributed by atoms with Crippen molar-refractivity contribution in [3.63, 3.8) is 0 Å². The van der Waals surface area contributed by atoms with Crippen molar-refractivity contribution >= 4 is 17.9 Å². The normalized spacial score (nSPS) is 41.7. The molecule has 47 heavy (non-hydrogen) atoms. The number of benzene rings is 1. The van der Waals surface area contributed by atoms with Gasteiger partial charge in [0.25, 0.3) is 0 Å². The van der Waals surface area contributed by atoms with Gasteiger partial charge in [-0.2, -0.15) is 0 Å². The zero-order valence-corrected chi connectivity index (χ0v) is 30.2. The molecule has 1 aromatic carbocycles. The Kier molecular flexibility index (Phi) is 8.57. The van der Waals surface area contributed by atoms with Crippen molar-refractivity contribution in [1.29, 1.82) is 0 Å². The molecule has 0 saturated heterocycles. The maximum atomic E-state index is 13.5. The number of methoxy groups -OCH3 is 1. The highest BCUT2D eigenvalue weighted by atomic mass is 16.5. The molecule has 0 bridgehead atoms. The fourth-order valence-electron chi connectivity index (χ4n) is 13.2. The number of rotatable bonds is 6. The molecule has 0 unspecified atom stereocenters. The topological polar surface area (TPSA) is 78.9 Å². The summed E-state index contributed by atoms with van der Waals surface area (Å²) in [6, 6.07) is 6.79. The van der Waals surface area contributed by atoms with Gasteiger partial charge in [-0.25, -0.2) is 9.59 Å². The van der Waals surface area contributed by atoms with Gasteiger partial charge in [-0.15, -0.1) is 0 Å². The summed E-state index contributed by atoms with van der Waals surface area (Å²) in [5.41, 5.74) is 2.23. The van der Waals surface area contributed by atoms with Crippen LogP contribution in [0.2, 0.25) is 0 Å². The van der Waals surface area contributed by atoms with Crippen LogP contribution in [0.1, 0.15) is 133 Å². The summed E-state index contributed by atoms with van der Waals surface area (Å²) in [7, 11) is 1.33. The van der Waals surface area contributed by atoms with Crippen LogP contribution in [0.4, 0.5) is 0 Å². The van der Waals surface area contributed by atoms with Crippen molar-refractivity contribution in [1.82, 2.24) is 0 Å². The molecule has 6 rings (SSSR count). The lowest BCUT2D eigenvalue weighted by atomic mass is 9.32. The van der Waals surface area contributed by atoms with Crippen LogP contribution in [-0.2, 0) is 19.0 Å². The van der Waals surface area contributed by atoms with E-state index >= 15 is 0 Å². The van der Waals surface area contributed by atoms with Crippen molar-refractivity contribution in [2.75, 3.05) is 13.7 Å². The molecule has 6 nitrogen and oxygen atoms in total. The van der Waals surface area contributed by atoms with E-state index in [4.69, 9.17) is 14.2 Å². The summed E-state index contributed by atoms with van der Waals surface area (Å²) >= 11 is 0. The SMILES string of the molecule is C=C(C)[C@@H]1CC[C@]2(COC(=O)c3ccccc3C(=O)OC)CC[C@]3(C)[C@H](CC[C@@H]4[C@@]5(C)CC[C@H](OC(C)=O)C(C)(C)[C@H]5CC[C@]43C)[C@H]12. The molecule has 5 aliphatic carbocycles. The molecule has 0 amide bonds. The van der Waals surface area contributed by atoms with Gasteiger partial charge in [-0.3, -0.25) is 4.79 Å². The van der Waals surface area contributed by atoms with E-state index in [9.17, 15) is 14.4 Å². The highest BCUT2D eigenvalue weighted by Crippen LogP contribution is 2.77. The molecule has 10 atom stereocenters. The Morgan fingerprint density at radius 3 is 2.11 bits per heavy atom. The first-order chi connectivity index (χ1) is 22.1. The second kappa shape index (κ2) is 11.8. The van der Waals surface area contributed by atoms with Crippen LogP contribution in [0.25, 0.3) is 0 Å². The van der Waals surface area contributed by atoms with E-state index in [2.05, 4.69) is 48.1 Å². The van der Waals surface area contributed by atoms with Gasteiger partial charge in [0, 0.05) is 17.8 Å². The molecular formula is C41H58O6. The van der Waals surface area contributed by atoms with E-state index in [0.29, 0.717) is 36.2 Å². The summed E-state index contributed by atoms with van der Waals surface area (Å²) in [4.78, 5) is 38.0. The lowest BCUT2D eigenvalue weighted by molar-refractivity contribution is -0.251. The molecule has 5 aliphatic rings. The third kappa shape index (κ3) is 5.04. The molecule has 0 aromatic heterocycles. The molecule has 5 fully saturated rings. The van der Waals surface area contributed by atoms with E-state index in [1.54, 1.807) is 31.2 Å². The Morgan fingerprint density at radius 1 is 0.787 bits per heavy atom. The van der Waals surface area contributed by atoms with Crippen LogP contribution in [0.5, 0.6) is 0 Å². The first-order valence-electron chi connectivity index (χ1n) is 18.2. The number of esters is 3. The number of hydrogen-bond acceptors (Lipinski definition) is 6. The Bertz CT molecular complexity index is 1440. The minimum atomic E-state index is -0.526. The number of allylic oxidation sites excluding steroid dienone is 1. The largest absolute Gasteiger partial charge is 0.465 e. The zero-order valence-electron chi connectivity index (χ0n) is 30.2. The van der Waals surface area contributed by atoms with Gasteiger partial charge >= 0.3 is 17.9 Å². The fraction of sp³-hybridized carbons (Fsp3) is 0.732. The van der Waals surface area contributed by atoms with Crippen LogP contribution >= 0.6 is 0 Å². The fourth-order valence-corrected chi connectivity index (χ4v) is 13.2. The van der Waals surface area contributed by atoms with Gasteiger partial charge in [0.05, 0.1) is 24.8 Å². The number of carbonyl (C=O) groups is 3. The van der Waals surface area contributed by atoms with Crippen molar-refractivity contribution in [2.24, 2.45) is 56.7 Å². The van der Waals surface area contributed by atoms with Gasteiger partial charge in [-0.1, -0.05) is 58.9 Å². The average molecular weight is 647 g/mol. The number of carbonyl (C=O) groups excluding carboxylic acids is 3. The molecule has 0 heterocycles. The second-order valence-corrected chi connectivity index (χ2v) is 17.6. The number of hydrogen-bond donors (Lipinski definition) is 0. The Labute approximate surface area is 282 Å². The van der Waals surface area contributed by atoms with Gasteiger partial charge < -0.3 is 14.2 Å². The first-order valence-corrected chi connectivity index (χ1v) is 18.2. The van der Waals surface area contributed by atoms with E-state index in [1.165, 1.54) is 38.4 Å². The molecule has 6 heteroatoms. The minimum Gasteiger partial charge on any atom is -0.465 e. The maximum absolute atomic E-state index is 13.5. The minimum absolute atomic E-state index is 0.0123. The van der Waals surface area contributed by atoms with Gasteiger partial charge in [0.15, 0.2) is 0 Å². The quantitative estimate of drug-likeness (QED) is 0.174. The highest BCUT2D eigenvalue weighted by molar-refractivity contribution is 6.03. The Morgan fingerprint density at radius 2 is 1.47 bits per heavy atom. The third-order valence-electron chi connectivity index (χ3n) is 15.5. The van der Waals surface area contributed by atoms with Gasteiger partial charge in [0.2, 0.25) is 0 Å². The molecule has 1 aromatic rings. The number of fused-ring (bicyclic) bond motifs is 7. The molecule has 5 saturated carbocycles. The third-order valence-corrected chi connectivity index (χ3v) is 15.5. The van der Waals surface area contributed by atoms with E-state index in [-0.39, 0.29) is 50.3 Å². The van der Waals surface area contributed by atoms with Crippen LogP contribution in [-0.4, -0.2) is 37.7 Å². The first kappa shape index (κ1) is 34.2. The molecule has 0 N–H and O–H groups in total. The molecule has 258 valence electrons. The van der Waals surface area contributed by atoms with Crippen LogP contribution in [0.15, 0.2) is 36.4 Å². The van der Waals surface area contributed by atoms with E-state index in [0.717, 1.165) is 38.5 Å². The van der Waals surface area contributed by atoms with Crippen LogP contribution in [0.3, 0.4) is 0 Å². The van der Waals surface area contributed by atoms with Gasteiger partial charge in [-0.05, 0) is 129 Å². The summed E-state index contributed by atoms with van der Waals surface area (Å²) in [5.74, 6) is 1.39. The Hall–Kier alpha value is -2.63. The average Bonchev–Trinajstić information content (AvgIpc) is 3.41.